The van der Waals surface area contributed by atoms with Gasteiger partial charge in [-0.3, -0.25) is 4.79 Å². The number of hydrogen-bond acceptors (Lipinski definition) is 4. The first-order valence-electron chi connectivity index (χ1n) is 6.62. The highest BCUT2D eigenvalue weighted by Gasteiger charge is 2.30. The Labute approximate surface area is 108 Å². The van der Waals surface area contributed by atoms with Crippen molar-refractivity contribution in [3.05, 3.63) is 17.5 Å². The van der Waals surface area contributed by atoms with Crippen molar-refractivity contribution in [3.63, 3.8) is 0 Å². The zero-order valence-electron chi connectivity index (χ0n) is 11.3. The Morgan fingerprint density at radius 2 is 2.39 bits per heavy atom. The fourth-order valence-electron chi connectivity index (χ4n) is 2.54. The lowest BCUT2D eigenvalue weighted by molar-refractivity contribution is 0.0684. The molecule has 100 valence electrons. The molecule has 1 amide bonds. The highest BCUT2D eigenvalue weighted by Crippen LogP contribution is 2.17. The van der Waals surface area contributed by atoms with Crippen LogP contribution in [0.25, 0.3) is 0 Å². The van der Waals surface area contributed by atoms with Gasteiger partial charge in [-0.2, -0.15) is 0 Å². The van der Waals surface area contributed by atoms with Crippen LogP contribution in [-0.4, -0.2) is 53.1 Å². The lowest BCUT2D eigenvalue weighted by atomic mass is 10.2. The van der Waals surface area contributed by atoms with Crippen LogP contribution in [0.15, 0.2) is 10.6 Å². The van der Waals surface area contributed by atoms with E-state index >= 15 is 0 Å². The molecule has 2 heterocycles. The molecule has 0 aliphatic carbocycles. The summed E-state index contributed by atoms with van der Waals surface area (Å²) in [6.07, 6.45) is 1.05. The van der Waals surface area contributed by atoms with Crippen LogP contribution in [0.3, 0.4) is 0 Å². The lowest BCUT2D eigenvalue weighted by Gasteiger charge is -2.27. The summed E-state index contributed by atoms with van der Waals surface area (Å²) in [6, 6.07) is 2.01. The van der Waals surface area contributed by atoms with E-state index in [9.17, 15) is 4.79 Å². The summed E-state index contributed by atoms with van der Waals surface area (Å²) in [5, 5.41) is 3.82. The van der Waals surface area contributed by atoms with Gasteiger partial charge in [0.15, 0.2) is 5.69 Å². The van der Waals surface area contributed by atoms with Crippen molar-refractivity contribution in [1.82, 2.24) is 15.0 Å². The van der Waals surface area contributed by atoms with Crippen LogP contribution in [0, 0.1) is 6.92 Å². The van der Waals surface area contributed by atoms with Gasteiger partial charge in [0.05, 0.1) is 0 Å². The van der Waals surface area contributed by atoms with E-state index in [-0.39, 0.29) is 5.91 Å². The molecule has 1 aliphatic rings. The molecule has 5 nitrogen and oxygen atoms in total. The van der Waals surface area contributed by atoms with Gasteiger partial charge in [-0.05, 0) is 26.8 Å². The molecule has 0 radical (unpaired) electrons. The third-order valence-electron chi connectivity index (χ3n) is 3.58. The van der Waals surface area contributed by atoms with E-state index in [0.29, 0.717) is 24.0 Å². The van der Waals surface area contributed by atoms with E-state index in [0.717, 1.165) is 26.1 Å². The Bertz CT molecular complexity index is 416. The average molecular weight is 251 g/mol. The van der Waals surface area contributed by atoms with Crippen LogP contribution in [-0.2, 0) is 0 Å². The Morgan fingerprint density at radius 1 is 1.61 bits per heavy atom. The Morgan fingerprint density at radius 3 is 2.89 bits per heavy atom. The molecule has 18 heavy (non-hydrogen) atoms. The topological polar surface area (TPSA) is 49.6 Å². The van der Waals surface area contributed by atoms with Gasteiger partial charge in [0.2, 0.25) is 0 Å². The van der Waals surface area contributed by atoms with Crippen LogP contribution >= 0.6 is 0 Å². The molecule has 0 bridgehead atoms. The van der Waals surface area contributed by atoms with Crippen molar-refractivity contribution >= 4 is 5.91 Å². The highest BCUT2D eigenvalue weighted by atomic mass is 16.5. The van der Waals surface area contributed by atoms with Crippen LogP contribution in [0.5, 0.6) is 0 Å². The van der Waals surface area contributed by atoms with Crippen molar-refractivity contribution in [2.24, 2.45) is 0 Å². The minimum Gasteiger partial charge on any atom is -0.361 e. The van der Waals surface area contributed by atoms with Crippen LogP contribution in [0.1, 0.15) is 36.5 Å². The van der Waals surface area contributed by atoms with E-state index < -0.39 is 0 Å². The molecule has 0 N–H and O–H groups in total. The molecule has 2 rings (SSSR count). The molecule has 1 fully saturated rings. The molecule has 5 heteroatoms. The predicted molar refractivity (Wildman–Crippen MR) is 68.5 cm³/mol. The average Bonchev–Trinajstić information content (AvgIpc) is 2.99. The van der Waals surface area contributed by atoms with E-state index in [1.54, 1.807) is 13.0 Å². The van der Waals surface area contributed by atoms with Crippen molar-refractivity contribution in [2.45, 2.75) is 33.2 Å². The Kier molecular flexibility index (Phi) is 4.01. The van der Waals surface area contributed by atoms with Crippen LogP contribution in [0.2, 0.25) is 0 Å². The molecule has 0 saturated carbocycles. The molecule has 1 atom stereocenters. The fourth-order valence-corrected chi connectivity index (χ4v) is 2.54. The maximum atomic E-state index is 12.4. The predicted octanol–water partition coefficient (Wildman–Crippen LogP) is 1.54. The third-order valence-corrected chi connectivity index (χ3v) is 3.58. The second-order valence-electron chi connectivity index (χ2n) is 4.75. The van der Waals surface area contributed by atoms with E-state index in [4.69, 9.17) is 4.52 Å². The molecule has 1 saturated heterocycles. The Hall–Kier alpha value is -1.36. The number of aryl methyl sites for hydroxylation is 1. The maximum absolute atomic E-state index is 12.4. The van der Waals surface area contributed by atoms with Gasteiger partial charge in [-0.25, -0.2) is 0 Å². The van der Waals surface area contributed by atoms with Crippen molar-refractivity contribution in [1.29, 1.82) is 0 Å². The molecule has 1 aromatic heterocycles. The summed E-state index contributed by atoms with van der Waals surface area (Å²) in [7, 11) is 0. The zero-order valence-corrected chi connectivity index (χ0v) is 11.3. The molecule has 1 aliphatic heterocycles. The first-order chi connectivity index (χ1) is 8.65. The van der Waals surface area contributed by atoms with Crippen molar-refractivity contribution in [3.8, 4) is 0 Å². The largest absolute Gasteiger partial charge is 0.361 e. The van der Waals surface area contributed by atoms with Crippen LogP contribution in [0.4, 0.5) is 0 Å². The van der Waals surface area contributed by atoms with E-state index in [1.807, 2.05) is 11.8 Å². The molecule has 0 spiro atoms. The number of carbonyl (C=O) groups is 1. The minimum atomic E-state index is -0.0164. The number of likely N-dealkylation sites (tertiary alicyclic amines) is 1. The molecular weight excluding hydrogens is 230 g/mol. The lowest BCUT2D eigenvalue weighted by Crippen LogP contribution is -2.42. The van der Waals surface area contributed by atoms with Gasteiger partial charge in [0, 0.05) is 31.7 Å². The second kappa shape index (κ2) is 5.52. The van der Waals surface area contributed by atoms with Crippen molar-refractivity contribution < 1.29 is 9.32 Å². The van der Waals surface area contributed by atoms with Gasteiger partial charge >= 0.3 is 0 Å². The van der Waals surface area contributed by atoms with E-state index in [1.165, 1.54) is 0 Å². The van der Waals surface area contributed by atoms with Gasteiger partial charge in [0.1, 0.15) is 5.76 Å². The SMILES string of the molecule is CCN1CCC(N(CC)C(=O)c2cc(C)on2)C1. The summed E-state index contributed by atoms with van der Waals surface area (Å²) in [4.78, 5) is 16.6. The Balaban J connectivity index is 2.07. The molecule has 1 aromatic rings. The number of hydrogen-bond donors (Lipinski definition) is 0. The summed E-state index contributed by atoms with van der Waals surface area (Å²) >= 11 is 0. The van der Waals surface area contributed by atoms with E-state index in [2.05, 4.69) is 17.0 Å². The summed E-state index contributed by atoms with van der Waals surface area (Å²) in [5.74, 6) is 0.660. The fraction of sp³-hybridized carbons (Fsp3) is 0.692. The summed E-state index contributed by atoms with van der Waals surface area (Å²) < 4.78 is 4.98. The van der Waals surface area contributed by atoms with Gasteiger partial charge < -0.3 is 14.3 Å². The molecular formula is C13H21N3O2. The smallest absolute Gasteiger partial charge is 0.276 e. The standard InChI is InChI=1S/C13H21N3O2/c1-4-15-7-6-11(9-15)16(5-2)13(17)12-8-10(3)18-14-12/h8,11H,4-7,9H2,1-3H3. The summed E-state index contributed by atoms with van der Waals surface area (Å²) in [5.41, 5.74) is 0.421. The third kappa shape index (κ3) is 2.56. The van der Waals surface area contributed by atoms with Crippen LogP contribution < -0.4 is 0 Å². The normalized spacial score (nSPS) is 20.3. The zero-order chi connectivity index (χ0) is 13.1. The number of nitrogens with zero attached hydrogens (tertiary/aromatic N) is 3. The number of aromatic nitrogens is 1. The first kappa shape index (κ1) is 13.1. The number of rotatable bonds is 4. The second-order valence-corrected chi connectivity index (χ2v) is 4.75. The van der Waals surface area contributed by atoms with Gasteiger partial charge in [-0.15, -0.1) is 0 Å². The number of carbonyl (C=O) groups excluding carboxylic acids is 1. The highest BCUT2D eigenvalue weighted by molar-refractivity contribution is 5.92. The number of likely N-dealkylation sites (N-methyl/N-ethyl adjacent to an activating group) is 2. The monoisotopic (exact) mass is 251 g/mol. The van der Waals surface area contributed by atoms with Crippen molar-refractivity contribution in [2.75, 3.05) is 26.2 Å². The van der Waals surface area contributed by atoms with Gasteiger partial charge in [0.25, 0.3) is 5.91 Å². The molecule has 1 unspecified atom stereocenters. The minimum absolute atomic E-state index is 0.0164. The quantitative estimate of drug-likeness (QED) is 0.814. The molecule has 0 aromatic carbocycles. The maximum Gasteiger partial charge on any atom is 0.276 e. The summed E-state index contributed by atoms with van der Waals surface area (Å²) in [6.45, 7) is 9.77. The number of amides is 1. The van der Waals surface area contributed by atoms with Gasteiger partial charge in [-0.1, -0.05) is 12.1 Å². The first-order valence-corrected chi connectivity index (χ1v) is 6.62.